The molecule has 4 heterocycles. The molecule has 6 aromatic carbocycles. The van der Waals surface area contributed by atoms with E-state index in [2.05, 4.69) is 105 Å². The molecule has 2 atom stereocenters. The highest BCUT2D eigenvalue weighted by Crippen LogP contribution is 2.58. The maximum absolute atomic E-state index is 11.1. The Morgan fingerprint density at radius 3 is 1.58 bits per heavy atom. The van der Waals surface area contributed by atoms with E-state index < -0.39 is 11.4 Å². The van der Waals surface area contributed by atoms with E-state index in [1.165, 1.54) is 34.4 Å². The zero-order valence-corrected chi connectivity index (χ0v) is 34.2. The summed E-state index contributed by atoms with van der Waals surface area (Å²) in [6.45, 7) is 8.74. The van der Waals surface area contributed by atoms with Gasteiger partial charge < -0.3 is 19.3 Å². The number of ether oxygens (including phenoxy) is 2. The SMILES string of the molecule is CN1c2c(-c3ccccc3)cccc2C(C)(C)C12C=Cc1cc([N+](=O)[O-])ccc1O2.CN1c2ccc(-c3ccccc3)cc2C(C)(C)C12C=Cc1cc([N+](=O)[O-])ccc1O2. The van der Waals surface area contributed by atoms with Gasteiger partial charge in [-0.2, -0.15) is 0 Å². The molecule has 0 bridgehead atoms. The summed E-state index contributed by atoms with van der Waals surface area (Å²) in [4.78, 5) is 25.9. The lowest BCUT2D eigenvalue weighted by Crippen LogP contribution is -2.58. The lowest BCUT2D eigenvalue weighted by Gasteiger charge is -2.45. The molecule has 0 aliphatic carbocycles. The number of nitro benzene ring substituents is 2. The monoisotopic (exact) mass is 796 g/mol. The summed E-state index contributed by atoms with van der Waals surface area (Å²) in [5.41, 5.74) is 8.77. The lowest BCUT2D eigenvalue weighted by molar-refractivity contribution is -0.385. The quantitative estimate of drug-likeness (QED) is 0.128. The fourth-order valence-corrected chi connectivity index (χ4v) is 9.55. The van der Waals surface area contributed by atoms with Crippen molar-refractivity contribution in [2.45, 2.75) is 50.0 Å². The van der Waals surface area contributed by atoms with Crippen molar-refractivity contribution in [3.05, 3.63) is 188 Å². The summed E-state index contributed by atoms with van der Waals surface area (Å²) in [5.74, 6) is 1.30. The summed E-state index contributed by atoms with van der Waals surface area (Å²) in [6, 6.07) is 43.1. The molecule has 10 rings (SSSR count). The minimum atomic E-state index is -0.733. The van der Waals surface area contributed by atoms with Gasteiger partial charge in [0.15, 0.2) is 0 Å². The number of anilines is 2. The van der Waals surface area contributed by atoms with Gasteiger partial charge in [0.2, 0.25) is 11.4 Å². The Kier molecular flexibility index (Phi) is 8.75. The topological polar surface area (TPSA) is 111 Å². The number of non-ortho nitro benzene ring substituents is 2. The van der Waals surface area contributed by atoms with Crippen molar-refractivity contribution in [3.63, 3.8) is 0 Å². The summed E-state index contributed by atoms with van der Waals surface area (Å²) in [5, 5.41) is 22.3. The molecule has 0 amide bonds. The molecule has 300 valence electrons. The number of hydrogen-bond donors (Lipinski definition) is 0. The van der Waals surface area contributed by atoms with Crippen molar-refractivity contribution in [1.82, 2.24) is 0 Å². The van der Waals surface area contributed by atoms with Crippen LogP contribution in [0.5, 0.6) is 11.5 Å². The highest BCUT2D eigenvalue weighted by atomic mass is 16.6. The van der Waals surface area contributed by atoms with Gasteiger partial charge >= 0.3 is 0 Å². The van der Waals surface area contributed by atoms with Gasteiger partial charge in [-0.25, -0.2) is 0 Å². The second-order valence-electron chi connectivity index (χ2n) is 16.8. The predicted molar refractivity (Wildman–Crippen MR) is 238 cm³/mol. The van der Waals surface area contributed by atoms with Crippen LogP contribution in [-0.2, 0) is 10.8 Å². The molecular formula is C50H44N4O6. The highest BCUT2D eigenvalue weighted by molar-refractivity contribution is 5.86. The number of likely N-dealkylation sites (N-methyl/N-ethyl adjacent to an activating group) is 2. The first-order valence-corrected chi connectivity index (χ1v) is 19.9. The average molecular weight is 797 g/mol. The van der Waals surface area contributed by atoms with Crippen LogP contribution in [0, 0.1) is 20.2 Å². The van der Waals surface area contributed by atoms with Gasteiger partial charge in [-0.1, -0.05) is 84.9 Å². The first kappa shape index (κ1) is 38.3. The summed E-state index contributed by atoms with van der Waals surface area (Å²) < 4.78 is 13.2. The maximum atomic E-state index is 11.1. The molecule has 0 saturated carbocycles. The first-order chi connectivity index (χ1) is 28.7. The fourth-order valence-electron chi connectivity index (χ4n) is 9.55. The van der Waals surface area contributed by atoms with Crippen molar-refractivity contribution in [3.8, 4) is 33.8 Å². The molecule has 0 radical (unpaired) electrons. The minimum absolute atomic E-state index is 0.0617. The van der Waals surface area contributed by atoms with E-state index in [0.29, 0.717) is 11.5 Å². The average Bonchev–Trinajstić information content (AvgIpc) is 3.53. The van der Waals surface area contributed by atoms with Crippen LogP contribution in [0.4, 0.5) is 22.7 Å². The van der Waals surface area contributed by atoms with E-state index in [9.17, 15) is 20.2 Å². The number of fused-ring (bicyclic) bond motifs is 4. The van der Waals surface area contributed by atoms with E-state index in [4.69, 9.17) is 9.47 Å². The van der Waals surface area contributed by atoms with Crippen molar-refractivity contribution >= 4 is 34.9 Å². The number of hydrogen-bond acceptors (Lipinski definition) is 8. The van der Waals surface area contributed by atoms with Crippen LogP contribution in [0.25, 0.3) is 34.4 Å². The molecule has 6 aromatic rings. The van der Waals surface area contributed by atoms with Crippen molar-refractivity contribution < 1.29 is 19.3 Å². The Morgan fingerprint density at radius 1 is 0.517 bits per heavy atom. The summed E-state index contributed by atoms with van der Waals surface area (Å²) in [7, 11) is 4.09. The molecule has 0 fully saturated rings. The molecule has 0 aromatic heterocycles. The maximum Gasteiger partial charge on any atom is 0.270 e. The lowest BCUT2D eigenvalue weighted by atomic mass is 9.76. The van der Waals surface area contributed by atoms with E-state index in [1.54, 1.807) is 24.3 Å². The van der Waals surface area contributed by atoms with Gasteiger partial charge in [0.25, 0.3) is 11.4 Å². The molecule has 2 unspecified atom stereocenters. The third-order valence-corrected chi connectivity index (χ3v) is 13.0. The number of nitrogens with zero attached hydrogens (tertiary/aromatic N) is 4. The van der Waals surface area contributed by atoms with Gasteiger partial charge in [0, 0.05) is 60.7 Å². The van der Waals surface area contributed by atoms with E-state index in [0.717, 1.165) is 33.6 Å². The number of para-hydroxylation sites is 1. The van der Waals surface area contributed by atoms with Crippen LogP contribution in [0.1, 0.15) is 49.9 Å². The third kappa shape index (κ3) is 5.61. The van der Waals surface area contributed by atoms with Gasteiger partial charge in [0.1, 0.15) is 11.5 Å². The van der Waals surface area contributed by atoms with Crippen molar-refractivity contribution in [1.29, 1.82) is 0 Å². The van der Waals surface area contributed by atoms with Crippen LogP contribution < -0.4 is 19.3 Å². The largest absolute Gasteiger partial charge is 0.463 e. The molecule has 4 aliphatic rings. The number of rotatable bonds is 4. The van der Waals surface area contributed by atoms with Gasteiger partial charge in [-0.15, -0.1) is 0 Å². The summed E-state index contributed by atoms with van der Waals surface area (Å²) >= 11 is 0. The predicted octanol–water partition coefficient (Wildman–Crippen LogP) is 11.6. The fraction of sp³-hybridized carbons (Fsp3) is 0.200. The third-order valence-electron chi connectivity index (χ3n) is 13.0. The normalized spacial score (nSPS) is 20.6. The Bertz CT molecular complexity index is 2780. The number of nitro groups is 2. The molecule has 60 heavy (non-hydrogen) atoms. The van der Waals surface area contributed by atoms with Crippen LogP contribution >= 0.6 is 0 Å². The minimum Gasteiger partial charge on any atom is -0.463 e. The molecule has 10 nitrogen and oxygen atoms in total. The zero-order valence-electron chi connectivity index (χ0n) is 34.2. The first-order valence-electron chi connectivity index (χ1n) is 19.9. The van der Waals surface area contributed by atoms with Crippen molar-refractivity contribution in [2.24, 2.45) is 0 Å². The van der Waals surface area contributed by atoms with E-state index >= 15 is 0 Å². The molecule has 4 aliphatic heterocycles. The molecule has 0 N–H and O–H groups in total. The van der Waals surface area contributed by atoms with Crippen LogP contribution in [0.2, 0.25) is 0 Å². The standard InChI is InChI=1S/2C25H22N2O3/c1-24(2)21-11-7-10-20(17-8-5-4-6-9-17)23(21)26(3)25(24)15-14-18-16-19(27(28)29)12-13-22(18)30-25;1-24(2)21-16-18(17-7-5-4-6-8-17)9-11-22(21)26(3)25(24)14-13-19-15-20(27(28)29)10-12-23(19)30-25/h2*4-16H,1-3H3. The Labute approximate surface area is 348 Å². The Balaban J connectivity index is 0.000000154. The number of benzene rings is 6. The summed E-state index contributed by atoms with van der Waals surface area (Å²) in [6.07, 6.45) is 7.95. The van der Waals surface area contributed by atoms with Gasteiger partial charge in [-0.3, -0.25) is 20.2 Å². The second kappa shape index (κ2) is 13.7. The molecular weight excluding hydrogens is 753 g/mol. The highest BCUT2D eigenvalue weighted by Gasteiger charge is 2.59. The Morgan fingerprint density at radius 2 is 1.03 bits per heavy atom. The van der Waals surface area contributed by atoms with Crippen LogP contribution in [-0.4, -0.2) is 35.4 Å². The van der Waals surface area contributed by atoms with Crippen LogP contribution in [0.3, 0.4) is 0 Å². The van der Waals surface area contributed by atoms with E-state index in [1.807, 2.05) is 67.7 Å². The van der Waals surface area contributed by atoms with Gasteiger partial charge in [0.05, 0.1) is 26.4 Å². The molecule has 10 heteroatoms. The smallest absolute Gasteiger partial charge is 0.270 e. The van der Waals surface area contributed by atoms with Crippen LogP contribution in [0.15, 0.2) is 146 Å². The molecule has 0 saturated heterocycles. The Hall–Kier alpha value is -7.20. The van der Waals surface area contributed by atoms with E-state index in [-0.39, 0.29) is 32.1 Å². The second-order valence-corrected chi connectivity index (χ2v) is 16.8. The van der Waals surface area contributed by atoms with Gasteiger partial charge in [-0.05, 0) is 104 Å². The van der Waals surface area contributed by atoms with Crippen molar-refractivity contribution in [2.75, 3.05) is 23.9 Å². The zero-order chi connectivity index (χ0) is 42.2. The molecule has 2 spiro atoms.